The van der Waals surface area contributed by atoms with Crippen LogP contribution in [0.25, 0.3) is 16.8 Å². The second-order valence-corrected chi connectivity index (χ2v) is 11.5. The third-order valence-corrected chi connectivity index (χ3v) is 8.36. The fourth-order valence-corrected chi connectivity index (χ4v) is 6.57. The Bertz CT molecular complexity index is 1620. The number of halogens is 3. The summed E-state index contributed by atoms with van der Waals surface area (Å²) < 4.78 is 45.3. The number of likely N-dealkylation sites (N-methyl/N-ethyl adjacent to an activating group) is 1. The van der Waals surface area contributed by atoms with E-state index in [2.05, 4.69) is 32.3 Å². The molecule has 0 bridgehead atoms. The molecule has 1 aliphatic carbocycles. The minimum absolute atomic E-state index is 0.0116. The molecular weight excluding hydrogens is 519 g/mol. The van der Waals surface area contributed by atoms with E-state index in [1.807, 2.05) is 36.9 Å². The monoisotopic (exact) mass is 551 g/mol. The Balaban J connectivity index is 1.45. The first kappa shape index (κ1) is 26.5. The molecule has 1 atom stereocenters. The van der Waals surface area contributed by atoms with Gasteiger partial charge in [0.25, 0.3) is 5.56 Å². The van der Waals surface area contributed by atoms with Gasteiger partial charge in [-0.25, -0.2) is 4.98 Å². The van der Waals surface area contributed by atoms with Crippen molar-refractivity contribution in [3.05, 3.63) is 76.4 Å². The van der Waals surface area contributed by atoms with Crippen molar-refractivity contribution in [2.45, 2.75) is 50.2 Å². The van der Waals surface area contributed by atoms with Crippen molar-refractivity contribution in [3.8, 4) is 11.1 Å². The lowest BCUT2D eigenvalue weighted by molar-refractivity contribution is -0.136. The molecule has 0 spiro atoms. The number of nitrogens with one attached hydrogen (secondary N) is 1. The summed E-state index contributed by atoms with van der Waals surface area (Å²) in [6.07, 6.45) is 3.27. The largest absolute Gasteiger partial charge is 0.420 e. The summed E-state index contributed by atoms with van der Waals surface area (Å²) in [7, 11) is 3.90. The molecule has 2 aliphatic rings. The minimum Gasteiger partial charge on any atom is -0.380 e. The van der Waals surface area contributed by atoms with Gasteiger partial charge < -0.3 is 14.8 Å². The van der Waals surface area contributed by atoms with Gasteiger partial charge in [-0.05, 0) is 68.5 Å². The van der Waals surface area contributed by atoms with E-state index in [9.17, 15) is 18.0 Å². The van der Waals surface area contributed by atoms with Gasteiger partial charge in [0, 0.05) is 32.0 Å². The van der Waals surface area contributed by atoms with Crippen LogP contribution in [-0.2, 0) is 18.6 Å². The van der Waals surface area contributed by atoms with Gasteiger partial charge in [0.2, 0.25) is 0 Å². The molecular formula is C29H32F3N7O. The maximum absolute atomic E-state index is 14.1. The van der Waals surface area contributed by atoms with Gasteiger partial charge >= 0.3 is 6.18 Å². The zero-order valence-corrected chi connectivity index (χ0v) is 22.7. The van der Waals surface area contributed by atoms with E-state index in [1.54, 1.807) is 12.4 Å². The summed E-state index contributed by atoms with van der Waals surface area (Å²) in [5.41, 5.74) is -0.151. The molecule has 2 fully saturated rings. The summed E-state index contributed by atoms with van der Waals surface area (Å²) in [5.74, 6) is 1.36. The van der Waals surface area contributed by atoms with Crippen LogP contribution in [0.4, 0.5) is 18.9 Å². The zero-order chi connectivity index (χ0) is 28.2. The highest BCUT2D eigenvalue weighted by Gasteiger charge is 2.48. The molecule has 1 N–H and O–H groups in total. The van der Waals surface area contributed by atoms with Gasteiger partial charge in [0.1, 0.15) is 17.7 Å². The predicted molar refractivity (Wildman–Crippen MR) is 146 cm³/mol. The fraction of sp³-hybridized carbons (Fsp3) is 0.448. The number of benzene rings is 1. The van der Waals surface area contributed by atoms with E-state index in [4.69, 9.17) is 0 Å². The summed E-state index contributed by atoms with van der Waals surface area (Å²) in [4.78, 5) is 20.1. The second kappa shape index (κ2) is 9.72. The smallest absolute Gasteiger partial charge is 0.380 e. The Morgan fingerprint density at radius 2 is 1.95 bits per heavy atom. The third-order valence-electron chi connectivity index (χ3n) is 8.36. The van der Waals surface area contributed by atoms with Crippen LogP contribution in [0.2, 0.25) is 0 Å². The Morgan fingerprint density at radius 3 is 2.62 bits per heavy atom. The Kier molecular flexibility index (Phi) is 6.44. The first-order chi connectivity index (χ1) is 19.0. The second-order valence-electron chi connectivity index (χ2n) is 11.5. The fourth-order valence-electron chi connectivity index (χ4n) is 6.57. The van der Waals surface area contributed by atoms with Gasteiger partial charge in [-0.2, -0.15) is 13.2 Å². The summed E-state index contributed by atoms with van der Waals surface area (Å²) >= 11 is 0. The first-order valence-electron chi connectivity index (χ1n) is 13.6. The molecule has 1 unspecified atom stereocenters. The molecule has 0 amide bonds. The van der Waals surface area contributed by atoms with E-state index < -0.39 is 22.9 Å². The Labute approximate surface area is 229 Å². The van der Waals surface area contributed by atoms with Crippen molar-refractivity contribution in [1.29, 1.82) is 0 Å². The van der Waals surface area contributed by atoms with Crippen LogP contribution >= 0.6 is 0 Å². The third kappa shape index (κ3) is 4.55. The lowest BCUT2D eigenvalue weighted by Gasteiger charge is -2.46. The van der Waals surface area contributed by atoms with Crippen molar-refractivity contribution < 1.29 is 13.2 Å². The summed E-state index contributed by atoms with van der Waals surface area (Å²) in [6, 6.07) is 8.67. The van der Waals surface area contributed by atoms with Crippen molar-refractivity contribution >= 4 is 11.3 Å². The van der Waals surface area contributed by atoms with Crippen molar-refractivity contribution in [1.82, 2.24) is 29.0 Å². The Morgan fingerprint density at radius 1 is 1.15 bits per heavy atom. The van der Waals surface area contributed by atoms with E-state index in [-0.39, 0.29) is 22.7 Å². The number of pyridine rings is 1. The molecule has 8 nitrogen and oxygen atoms in total. The van der Waals surface area contributed by atoms with Gasteiger partial charge in [0.15, 0.2) is 5.65 Å². The number of aryl methyl sites for hydroxylation is 1. The summed E-state index contributed by atoms with van der Waals surface area (Å²) in [5, 5.41) is 11.7. The minimum atomic E-state index is -4.67. The molecule has 0 radical (unpaired) electrons. The molecule has 1 aromatic carbocycles. The molecule has 1 aliphatic heterocycles. The number of hydrogen-bond acceptors (Lipinski definition) is 6. The first-order valence-corrected chi connectivity index (χ1v) is 13.6. The van der Waals surface area contributed by atoms with Crippen LogP contribution in [-0.4, -0.2) is 55.2 Å². The van der Waals surface area contributed by atoms with Crippen LogP contribution in [0.3, 0.4) is 0 Å². The van der Waals surface area contributed by atoms with E-state index in [0.29, 0.717) is 18.0 Å². The zero-order valence-electron chi connectivity index (χ0n) is 22.7. The molecule has 1 saturated carbocycles. The van der Waals surface area contributed by atoms with Gasteiger partial charge in [-0.1, -0.05) is 25.1 Å². The SMILES string of the molecule is CC1CC(c2cccc(-c3cnc4c(C(F)(F)F)cc(NC5CCCN(C)C5)cn4c3=O)c2)(c2nncn2C)C1. The highest BCUT2D eigenvalue weighted by atomic mass is 19.4. The number of nitrogens with zero attached hydrogens (tertiary/aromatic N) is 6. The number of fused-ring (bicyclic) bond motifs is 1. The van der Waals surface area contributed by atoms with Crippen LogP contribution in [0, 0.1) is 5.92 Å². The Hall–Kier alpha value is -3.73. The number of hydrogen-bond donors (Lipinski definition) is 1. The van der Waals surface area contributed by atoms with Gasteiger partial charge in [-0.15, -0.1) is 10.2 Å². The highest BCUT2D eigenvalue weighted by molar-refractivity contribution is 5.67. The van der Waals surface area contributed by atoms with E-state index >= 15 is 0 Å². The number of alkyl halides is 3. The van der Waals surface area contributed by atoms with Crippen LogP contribution in [0.5, 0.6) is 0 Å². The van der Waals surface area contributed by atoms with Gasteiger partial charge in [-0.3, -0.25) is 9.20 Å². The normalized spacial score (nSPS) is 23.8. The van der Waals surface area contributed by atoms with Crippen molar-refractivity contribution in [3.63, 3.8) is 0 Å². The summed E-state index contributed by atoms with van der Waals surface area (Å²) in [6.45, 7) is 3.85. The molecule has 210 valence electrons. The maximum Gasteiger partial charge on any atom is 0.420 e. The molecule has 4 heterocycles. The quantitative estimate of drug-likeness (QED) is 0.386. The molecule has 1 saturated heterocycles. The molecule has 40 heavy (non-hydrogen) atoms. The van der Waals surface area contributed by atoms with Crippen LogP contribution in [0.15, 0.2) is 53.8 Å². The van der Waals surface area contributed by atoms with Crippen molar-refractivity contribution in [2.75, 3.05) is 25.5 Å². The maximum atomic E-state index is 14.1. The average molecular weight is 552 g/mol. The van der Waals surface area contributed by atoms with Crippen LogP contribution < -0.4 is 10.9 Å². The standard InChI is InChI=1S/C29H32F3N7O/c1-18-12-28(13-18,27-36-34-17-38(27)3)20-7-4-6-19(10-20)23-14-33-25-24(29(30,31)32)11-22(16-39(25)26(23)40)35-21-8-5-9-37(2)15-21/h4,6-7,10-11,14,16-18,21,35H,5,8-9,12-13,15H2,1-3H3. The molecule has 6 rings (SSSR count). The van der Waals surface area contributed by atoms with Gasteiger partial charge in [0.05, 0.1) is 16.7 Å². The number of likely N-dealkylation sites (tertiary alicyclic amines) is 1. The average Bonchev–Trinajstić information content (AvgIpc) is 3.32. The number of rotatable bonds is 5. The number of anilines is 1. The number of aromatic nitrogens is 5. The topological polar surface area (TPSA) is 80.4 Å². The predicted octanol–water partition coefficient (Wildman–Crippen LogP) is 4.73. The lowest BCUT2D eigenvalue weighted by Crippen LogP contribution is -2.43. The van der Waals surface area contributed by atoms with Crippen molar-refractivity contribution in [2.24, 2.45) is 13.0 Å². The van der Waals surface area contributed by atoms with E-state index in [0.717, 1.165) is 54.1 Å². The molecule has 11 heteroatoms. The lowest BCUT2D eigenvalue weighted by atomic mass is 9.58. The van der Waals surface area contributed by atoms with Crippen LogP contribution in [0.1, 0.15) is 49.6 Å². The highest BCUT2D eigenvalue weighted by Crippen LogP contribution is 2.51. The molecule has 3 aromatic heterocycles. The molecule has 4 aromatic rings. The number of piperidine rings is 1. The van der Waals surface area contributed by atoms with E-state index in [1.165, 1.54) is 12.4 Å².